The molecule has 2 saturated carbocycles. The Morgan fingerprint density at radius 1 is 1.12 bits per heavy atom. The molecule has 11 nitrogen and oxygen atoms in total. The predicted molar refractivity (Wildman–Crippen MR) is 195 cm³/mol. The van der Waals surface area contributed by atoms with Crippen molar-refractivity contribution in [2.75, 3.05) is 19.4 Å². The van der Waals surface area contributed by atoms with Gasteiger partial charge in [-0.25, -0.2) is 13.4 Å². The zero-order valence-corrected chi connectivity index (χ0v) is 31.8. The number of methoxy groups -OCH3 is 1. The van der Waals surface area contributed by atoms with E-state index in [1.807, 2.05) is 59.7 Å². The van der Waals surface area contributed by atoms with Gasteiger partial charge in [0.2, 0.25) is 17.7 Å². The summed E-state index contributed by atoms with van der Waals surface area (Å²) in [5.74, 6) is -2.33. The van der Waals surface area contributed by atoms with E-state index in [2.05, 4.69) is 16.9 Å². The van der Waals surface area contributed by atoms with Crippen molar-refractivity contribution >= 4 is 44.0 Å². The quantitative estimate of drug-likeness (QED) is 0.258. The SMILES string of the molecule is C=C[C@@H]1C[C@]1(NC(=O)[C@@H]1C[C@@H](Oc2nccc3cc(OC)ccc23)CN1C(=O)[C@@H](CC(=O)CC(C)(C)C)C(C)(C)C)C(=O)CS(=O)(=O)C1CCC1. The van der Waals surface area contributed by atoms with Crippen LogP contribution in [0, 0.1) is 22.7 Å². The van der Waals surface area contributed by atoms with Crippen molar-refractivity contribution in [1.82, 2.24) is 15.2 Å². The average molecular weight is 724 g/mol. The van der Waals surface area contributed by atoms with E-state index in [0.717, 1.165) is 17.2 Å². The van der Waals surface area contributed by atoms with Crippen LogP contribution in [0.15, 0.2) is 43.1 Å². The van der Waals surface area contributed by atoms with Gasteiger partial charge in [-0.2, -0.15) is 0 Å². The van der Waals surface area contributed by atoms with Crippen LogP contribution in [0.1, 0.15) is 86.5 Å². The molecule has 278 valence electrons. The van der Waals surface area contributed by atoms with E-state index >= 15 is 0 Å². The van der Waals surface area contributed by atoms with Crippen LogP contribution in [0.5, 0.6) is 11.6 Å². The third kappa shape index (κ3) is 8.47. The van der Waals surface area contributed by atoms with Crippen molar-refractivity contribution in [2.24, 2.45) is 22.7 Å². The van der Waals surface area contributed by atoms with Crippen LogP contribution >= 0.6 is 0 Å². The summed E-state index contributed by atoms with van der Waals surface area (Å²) in [6.07, 6.45) is 5.07. The largest absolute Gasteiger partial charge is 0.497 e. The molecule has 1 N–H and O–H groups in total. The number of carbonyl (C=O) groups is 4. The Balaban J connectivity index is 1.44. The van der Waals surface area contributed by atoms with Crippen LogP contribution in [0.25, 0.3) is 10.8 Å². The number of amides is 2. The lowest BCUT2D eigenvalue weighted by atomic mass is 9.75. The number of benzene rings is 1. The number of ether oxygens (including phenoxy) is 2. The minimum absolute atomic E-state index is 0.0165. The molecule has 0 unspecified atom stereocenters. The Bertz CT molecular complexity index is 1810. The second-order valence-corrected chi connectivity index (χ2v) is 19.2. The molecule has 5 atom stereocenters. The summed E-state index contributed by atoms with van der Waals surface area (Å²) < 4.78 is 37.8. The van der Waals surface area contributed by atoms with Crippen molar-refractivity contribution in [3.63, 3.8) is 0 Å². The van der Waals surface area contributed by atoms with E-state index in [0.29, 0.717) is 30.9 Å². The first-order valence-electron chi connectivity index (χ1n) is 17.9. The highest BCUT2D eigenvalue weighted by Gasteiger charge is 2.61. The molecule has 1 aliphatic heterocycles. The molecular weight excluding hydrogens is 671 g/mol. The molecule has 1 saturated heterocycles. The van der Waals surface area contributed by atoms with Gasteiger partial charge in [-0.05, 0) is 59.7 Å². The lowest BCUT2D eigenvalue weighted by molar-refractivity contribution is -0.147. The first kappa shape index (κ1) is 38.4. The van der Waals surface area contributed by atoms with E-state index in [-0.39, 0.29) is 42.9 Å². The number of Topliss-reactive ketones (excluding diaryl/α,β-unsaturated/α-hetero) is 2. The monoisotopic (exact) mass is 723 g/mol. The number of hydrogen-bond acceptors (Lipinski definition) is 9. The molecule has 2 amide bonds. The minimum atomic E-state index is -3.66. The van der Waals surface area contributed by atoms with Gasteiger partial charge < -0.3 is 19.7 Å². The fraction of sp³-hybridized carbons (Fsp3) is 0.615. The Labute approximate surface area is 301 Å². The fourth-order valence-corrected chi connectivity index (χ4v) is 9.22. The Hall–Kier alpha value is -3.80. The summed E-state index contributed by atoms with van der Waals surface area (Å²) >= 11 is 0. The molecule has 3 fully saturated rings. The molecule has 3 aliphatic rings. The summed E-state index contributed by atoms with van der Waals surface area (Å²) in [7, 11) is -2.08. The maximum atomic E-state index is 14.6. The number of nitrogens with one attached hydrogen (secondary N) is 1. The first-order valence-corrected chi connectivity index (χ1v) is 19.6. The highest BCUT2D eigenvalue weighted by Crippen LogP contribution is 2.46. The van der Waals surface area contributed by atoms with Gasteiger partial charge in [-0.1, -0.05) is 54.0 Å². The summed E-state index contributed by atoms with van der Waals surface area (Å²) in [5.41, 5.74) is -2.28. The van der Waals surface area contributed by atoms with Gasteiger partial charge in [-0.3, -0.25) is 19.2 Å². The zero-order valence-electron chi connectivity index (χ0n) is 31.0. The molecule has 1 aromatic heterocycles. The topological polar surface area (TPSA) is 149 Å². The van der Waals surface area contributed by atoms with Gasteiger partial charge in [0.1, 0.15) is 35.0 Å². The number of sulfone groups is 1. The van der Waals surface area contributed by atoms with Gasteiger partial charge >= 0.3 is 0 Å². The highest BCUT2D eigenvalue weighted by atomic mass is 32.2. The van der Waals surface area contributed by atoms with Crippen molar-refractivity contribution < 1.29 is 37.1 Å². The molecule has 51 heavy (non-hydrogen) atoms. The normalized spacial score (nSPS) is 24.4. The van der Waals surface area contributed by atoms with Gasteiger partial charge in [0.15, 0.2) is 15.6 Å². The average Bonchev–Trinajstić information content (AvgIpc) is 3.55. The van der Waals surface area contributed by atoms with E-state index in [1.54, 1.807) is 25.4 Å². The molecule has 12 heteroatoms. The van der Waals surface area contributed by atoms with Crippen molar-refractivity contribution in [2.45, 2.75) is 109 Å². The van der Waals surface area contributed by atoms with Gasteiger partial charge in [-0.15, -0.1) is 6.58 Å². The third-order valence-electron chi connectivity index (χ3n) is 10.6. The Morgan fingerprint density at radius 2 is 1.82 bits per heavy atom. The van der Waals surface area contributed by atoms with Crippen LogP contribution in [0.4, 0.5) is 0 Å². The molecule has 0 radical (unpaired) electrons. The highest BCUT2D eigenvalue weighted by molar-refractivity contribution is 7.92. The molecule has 5 rings (SSSR count). The number of aromatic nitrogens is 1. The number of hydrogen-bond donors (Lipinski definition) is 1. The zero-order chi connectivity index (χ0) is 37.5. The number of pyridine rings is 1. The molecule has 0 spiro atoms. The smallest absolute Gasteiger partial charge is 0.243 e. The van der Waals surface area contributed by atoms with Crippen molar-refractivity contribution in [3.8, 4) is 11.6 Å². The maximum Gasteiger partial charge on any atom is 0.243 e. The van der Waals surface area contributed by atoms with Crippen LogP contribution in [-0.4, -0.2) is 84.0 Å². The number of rotatable bonds is 14. The second kappa shape index (κ2) is 14.3. The number of nitrogens with zero attached hydrogens (tertiary/aromatic N) is 2. The summed E-state index contributed by atoms with van der Waals surface area (Å²) in [6, 6.07) is 6.29. The lowest BCUT2D eigenvalue weighted by Crippen LogP contribution is -2.55. The Morgan fingerprint density at radius 3 is 2.39 bits per heavy atom. The van der Waals surface area contributed by atoms with Crippen molar-refractivity contribution in [1.29, 1.82) is 0 Å². The van der Waals surface area contributed by atoms with Crippen molar-refractivity contribution in [3.05, 3.63) is 43.1 Å². The predicted octanol–water partition coefficient (Wildman–Crippen LogP) is 5.25. The fourth-order valence-electron chi connectivity index (χ4n) is 7.31. The Kier molecular flexibility index (Phi) is 10.8. The molecular formula is C39H53N3O8S. The number of carbonyl (C=O) groups excluding carboxylic acids is 4. The van der Waals surface area contributed by atoms with E-state index in [9.17, 15) is 27.6 Å². The first-order chi connectivity index (χ1) is 23.8. The van der Waals surface area contributed by atoms with E-state index in [1.165, 1.54) is 4.90 Å². The standard InChI is InChI=1S/C39H53N3O8S/c1-9-25-20-39(25,33(44)23-51(47,48)29-11-10-12-29)41-34(45)32-19-28(50-35-30-14-13-27(49-8)17-24(30)15-16-40-35)22-42(32)36(46)31(38(5,6)7)18-26(43)21-37(2,3)4/h9,13-17,25,28-29,31-32H,1,10-12,18-23H2,2-8H3,(H,41,45)/t25-,28-,31-,32+,39-/m1/s1. The molecule has 1 aromatic carbocycles. The maximum absolute atomic E-state index is 14.6. The molecule has 2 heterocycles. The van der Waals surface area contributed by atoms with Crippen LogP contribution in [0.2, 0.25) is 0 Å². The van der Waals surface area contributed by atoms with E-state index < -0.39 is 67.5 Å². The van der Waals surface area contributed by atoms with Crippen LogP contribution in [0.3, 0.4) is 0 Å². The van der Waals surface area contributed by atoms with Crippen LogP contribution in [-0.2, 0) is 29.0 Å². The summed E-state index contributed by atoms with van der Waals surface area (Å²) in [4.78, 5) is 61.8. The number of ketones is 2. The van der Waals surface area contributed by atoms with Crippen LogP contribution < -0.4 is 14.8 Å². The van der Waals surface area contributed by atoms with Gasteiger partial charge in [0.25, 0.3) is 0 Å². The molecule has 2 aliphatic carbocycles. The minimum Gasteiger partial charge on any atom is -0.497 e. The number of fused-ring (bicyclic) bond motifs is 1. The summed E-state index contributed by atoms with van der Waals surface area (Å²) in [6.45, 7) is 15.5. The van der Waals surface area contributed by atoms with E-state index in [4.69, 9.17) is 9.47 Å². The number of likely N-dealkylation sites (tertiary alicyclic amines) is 1. The lowest BCUT2D eigenvalue weighted by Gasteiger charge is -2.35. The van der Waals surface area contributed by atoms with Gasteiger partial charge in [0, 0.05) is 42.7 Å². The molecule has 0 bridgehead atoms. The van der Waals surface area contributed by atoms with Gasteiger partial charge in [0.05, 0.1) is 18.9 Å². The third-order valence-corrected chi connectivity index (χ3v) is 12.8. The summed E-state index contributed by atoms with van der Waals surface area (Å²) in [5, 5.41) is 3.94. The molecule has 2 aromatic rings. The second-order valence-electron chi connectivity index (χ2n) is 16.9.